The molecule has 7 rings (SSSR count). The number of hydrogen-bond donors (Lipinski definition) is 0. The Bertz CT molecular complexity index is 1830. The van der Waals surface area contributed by atoms with E-state index in [1.165, 1.54) is 0 Å². The minimum atomic E-state index is 0.0452. The summed E-state index contributed by atoms with van der Waals surface area (Å²) >= 11 is 0. The number of ether oxygens (including phenoxy) is 6. The Kier molecular flexibility index (Phi) is 13.6. The minimum Gasteiger partial charge on any atom is -0.491 e. The van der Waals surface area contributed by atoms with Gasteiger partial charge in [0, 0.05) is 44.5 Å². The SMILES string of the molecule is O=C1C2=Cc3ccccc3OCCOCCOc3ccccc3/C=C3/CCCC(=Cc4ccccc4OCCOCCOc4ccccc4/C=C\1CCC2)C3=O. The van der Waals surface area contributed by atoms with Crippen LogP contribution in [-0.2, 0) is 19.1 Å². The van der Waals surface area contributed by atoms with Gasteiger partial charge in [0.1, 0.15) is 49.4 Å². The van der Waals surface area contributed by atoms with Crippen LogP contribution in [0.3, 0.4) is 0 Å². The van der Waals surface area contributed by atoms with Gasteiger partial charge in [0.15, 0.2) is 11.6 Å². The third kappa shape index (κ3) is 10.3. The molecule has 1 heterocycles. The summed E-state index contributed by atoms with van der Waals surface area (Å²) in [5, 5.41) is 0. The van der Waals surface area contributed by atoms with Crippen LogP contribution in [0.1, 0.15) is 60.8 Å². The van der Waals surface area contributed by atoms with E-state index in [1.54, 1.807) is 0 Å². The van der Waals surface area contributed by atoms with E-state index >= 15 is 0 Å². The predicted octanol–water partition coefficient (Wildman–Crippen LogP) is 9.39. The molecular weight excluding hydrogens is 705 g/mol. The quantitative estimate of drug-likeness (QED) is 0.176. The Morgan fingerprint density at radius 2 is 0.571 bits per heavy atom. The van der Waals surface area contributed by atoms with Gasteiger partial charge in [0.2, 0.25) is 0 Å². The number of benzene rings is 4. The molecule has 288 valence electrons. The lowest BCUT2D eigenvalue weighted by molar-refractivity contribution is -0.113. The second-order valence-corrected chi connectivity index (χ2v) is 13.8. The van der Waals surface area contributed by atoms with Crippen LogP contribution in [0.5, 0.6) is 23.0 Å². The van der Waals surface area contributed by atoms with Crippen molar-refractivity contribution in [2.45, 2.75) is 38.5 Å². The van der Waals surface area contributed by atoms with Crippen molar-refractivity contribution < 1.29 is 38.0 Å². The lowest BCUT2D eigenvalue weighted by Crippen LogP contribution is -2.14. The Hall–Kier alpha value is -5.70. The molecule has 0 atom stereocenters. The van der Waals surface area contributed by atoms with Gasteiger partial charge >= 0.3 is 0 Å². The molecule has 8 nitrogen and oxygen atoms in total. The average Bonchev–Trinajstić information content (AvgIpc) is 3.22. The van der Waals surface area contributed by atoms with Crippen molar-refractivity contribution in [2.24, 2.45) is 0 Å². The fraction of sp³-hybridized carbons (Fsp3) is 0.292. The zero-order chi connectivity index (χ0) is 38.4. The van der Waals surface area contributed by atoms with Crippen molar-refractivity contribution in [3.63, 3.8) is 0 Å². The molecule has 4 bridgehead atoms. The van der Waals surface area contributed by atoms with Gasteiger partial charge in [-0.1, -0.05) is 72.8 Å². The molecule has 0 unspecified atom stereocenters. The van der Waals surface area contributed by atoms with Crippen LogP contribution in [0.25, 0.3) is 24.3 Å². The van der Waals surface area contributed by atoms with Crippen molar-refractivity contribution in [1.29, 1.82) is 0 Å². The van der Waals surface area contributed by atoms with E-state index in [9.17, 15) is 9.59 Å². The second kappa shape index (κ2) is 19.8. The lowest BCUT2D eigenvalue weighted by Gasteiger charge is -2.18. The number of fused-ring (bicyclic) bond motifs is 8. The largest absolute Gasteiger partial charge is 0.491 e. The third-order valence-corrected chi connectivity index (χ3v) is 9.89. The molecule has 4 aromatic carbocycles. The zero-order valence-electron chi connectivity index (χ0n) is 31.7. The summed E-state index contributed by atoms with van der Waals surface area (Å²) in [5.74, 6) is 2.88. The number of Topliss-reactive ketones (excluding diaryl/α,β-unsaturated/α-hetero) is 2. The summed E-state index contributed by atoms with van der Waals surface area (Å²) in [5.41, 5.74) is 6.46. The molecule has 56 heavy (non-hydrogen) atoms. The van der Waals surface area contributed by atoms with Crippen LogP contribution in [0, 0.1) is 0 Å². The van der Waals surface area contributed by atoms with Crippen LogP contribution in [-0.4, -0.2) is 64.4 Å². The average molecular weight is 753 g/mol. The summed E-state index contributed by atoms with van der Waals surface area (Å²) in [6.07, 6.45) is 12.4. The van der Waals surface area contributed by atoms with E-state index in [-0.39, 0.29) is 11.6 Å². The Labute approximate surface area is 329 Å². The van der Waals surface area contributed by atoms with Gasteiger partial charge in [-0.2, -0.15) is 0 Å². The van der Waals surface area contributed by atoms with Gasteiger partial charge in [-0.3, -0.25) is 9.59 Å². The molecule has 4 aromatic rings. The highest BCUT2D eigenvalue weighted by Gasteiger charge is 2.23. The first-order valence-electron chi connectivity index (χ1n) is 19.6. The van der Waals surface area contributed by atoms with Crippen molar-refractivity contribution in [3.05, 3.63) is 142 Å². The number of para-hydroxylation sites is 4. The molecule has 0 saturated heterocycles. The maximum atomic E-state index is 13.7. The zero-order valence-corrected chi connectivity index (χ0v) is 31.7. The number of carbonyl (C=O) groups is 2. The summed E-state index contributed by atoms with van der Waals surface area (Å²) in [6.45, 7) is 2.87. The topological polar surface area (TPSA) is 89.5 Å². The van der Waals surface area contributed by atoms with Crippen molar-refractivity contribution in [3.8, 4) is 23.0 Å². The first-order chi connectivity index (χ1) is 27.6. The number of hydrogen-bond acceptors (Lipinski definition) is 8. The van der Waals surface area contributed by atoms with Crippen molar-refractivity contribution in [2.75, 3.05) is 52.9 Å². The summed E-state index contributed by atoms with van der Waals surface area (Å²) in [7, 11) is 0. The summed E-state index contributed by atoms with van der Waals surface area (Å²) in [4.78, 5) is 27.5. The number of rotatable bonds is 0. The Morgan fingerprint density at radius 1 is 0.321 bits per heavy atom. The minimum absolute atomic E-state index is 0.0452. The molecule has 0 N–H and O–H groups in total. The Morgan fingerprint density at radius 3 is 0.839 bits per heavy atom. The summed E-state index contributed by atoms with van der Waals surface area (Å²) < 4.78 is 36.2. The van der Waals surface area contributed by atoms with Gasteiger partial charge < -0.3 is 28.4 Å². The van der Waals surface area contributed by atoms with Crippen molar-refractivity contribution in [1.82, 2.24) is 0 Å². The Balaban J connectivity index is 1.09. The third-order valence-electron chi connectivity index (χ3n) is 9.89. The molecule has 0 spiro atoms. The fourth-order valence-electron chi connectivity index (χ4n) is 7.08. The van der Waals surface area contributed by atoms with Crippen LogP contribution >= 0.6 is 0 Å². The van der Waals surface area contributed by atoms with E-state index in [0.717, 1.165) is 57.4 Å². The van der Waals surface area contributed by atoms with Crippen LogP contribution in [0.15, 0.2) is 119 Å². The monoisotopic (exact) mass is 752 g/mol. The first-order valence-corrected chi connectivity index (χ1v) is 19.6. The van der Waals surface area contributed by atoms with Crippen molar-refractivity contribution >= 4 is 35.9 Å². The number of carbonyl (C=O) groups excluding carboxylic acids is 2. The molecule has 0 radical (unpaired) electrons. The molecule has 2 aliphatic carbocycles. The lowest BCUT2D eigenvalue weighted by atomic mass is 9.86. The molecule has 2 saturated carbocycles. The maximum Gasteiger partial charge on any atom is 0.185 e. The molecular formula is C48H48O8. The van der Waals surface area contributed by atoms with E-state index < -0.39 is 0 Å². The van der Waals surface area contributed by atoms with Crippen LogP contribution in [0.2, 0.25) is 0 Å². The normalized spacial score (nSPS) is 19.8. The molecule has 0 amide bonds. The standard InChI is InChI=1S/C48H48O8/c49-47-39-15-9-16-40(47)32-36-12-2-6-20-44(36)55-29-25-52-26-30-56-46-22-8-4-14-38(46)34-42-18-10-17-41(48(42)50)33-37-13-3-7-21-45(37)54-28-24-51-23-27-53-43-19-5-1-11-35(43)31-39/h1-8,11-14,19-22,31-34H,9-10,15-18,23-30H2/b39-31-,40-32?,41-33?,42-34-. The number of allylic oxidation sites excluding steroid dienone is 4. The molecule has 1 aliphatic heterocycles. The van der Waals surface area contributed by atoms with Gasteiger partial charge in [0.05, 0.1) is 26.4 Å². The van der Waals surface area contributed by atoms with Gasteiger partial charge in [-0.25, -0.2) is 0 Å². The molecule has 8 heteroatoms. The molecule has 3 aliphatic rings. The van der Waals surface area contributed by atoms with E-state index in [0.29, 0.717) is 102 Å². The smallest absolute Gasteiger partial charge is 0.185 e. The second-order valence-electron chi connectivity index (χ2n) is 13.8. The highest BCUT2D eigenvalue weighted by Crippen LogP contribution is 2.33. The highest BCUT2D eigenvalue weighted by molar-refractivity contribution is 6.15. The number of ketones is 2. The summed E-state index contributed by atoms with van der Waals surface area (Å²) in [6, 6.07) is 31.0. The van der Waals surface area contributed by atoms with Gasteiger partial charge in [0.25, 0.3) is 0 Å². The molecule has 2 fully saturated rings. The highest BCUT2D eigenvalue weighted by atomic mass is 16.6. The molecule has 0 aromatic heterocycles. The van der Waals surface area contributed by atoms with Crippen LogP contribution < -0.4 is 18.9 Å². The van der Waals surface area contributed by atoms with Crippen LogP contribution in [0.4, 0.5) is 0 Å². The van der Waals surface area contributed by atoms with Gasteiger partial charge in [-0.15, -0.1) is 0 Å². The van der Waals surface area contributed by atoms with Gasteiger partial charge in [-0.05, 0) is 87.1 Å². The van der Waals surface area contributed by atoms with E-state index in [4.69, 9.17) is 28.4 Å². The first kappa shape index (κ1) is 38.6. The predicted molar refractivity (Wildman–Crippen MR) is 219 cm³/mol. The van der Waals surface area contributed by atoms with E-state index in [2.05, 4.69) is 0 Å². The van der Waals surface area contributed by atoms with E-state index in [1.807, 2.05) is 121 Å². The maximum absolute atomic E-state index is 13.7. The fourth-order valence-corrected chi connectivity index (χ4v) is 7.08.